The van der Waals surface area contributed by atoms with Crippen LogP contribution in [0.3, 0.4) is 0 Å². The molecule has 76 valence electrons. The Morgan fingerprint density at radius 1 is 1.71 bits per heavy atom. The van der Waals surface area contributed by atoms with Gasteiger partial charge in [-0.15, -0.1) is 11.7 Å². The van der Waals surface area contributed by atoms with Gasteiger partial charge in [-0.3, -0.25) is 4.68 Å². The van der Waals surface area contributed by atoms with E-state index in [0.717, 1.165) is 12.0 Å². The van der Waals surface area contributed by atoms with Crippen LogP contribution in [0, 0.1) is 0 Å². The summed E-state index contributed by atoms with van der Waals surface area (Å²) in [6.07, 6.45) is 2.33. The summed E-state index contributed by atoms with van der Waals surface area (Å²) in [5, 5.41) is 3.94. The fourth-order valence-electron chi connectivity index (χ4n) is 0.893. The summed E-state index contributed by atoms with van der Waals surface area (Å²) in [6, 6.07) is 0. The first-order valence-electron chi connectivity index (χ1n) is 4.25. The minimum Gasteiger partial charge on any atom is -0.463 e. The van der Waals surface area contributed by atoms with Gasteiger partial charge in [-0.2, -0.15) is 0 Å². The van der Waals surface area contributed by atoms with Crippen LogP contribution < -0.4 is 0 Å². The number of ether oxygens (including phenoxy) is 1. The number of carbonyl (C=O) groups is 1. The van der Waals surface area contributed by atoms with Crippen molar-refractivity contribution in [2.45, 2.75) is 19.9 Å². The Bertz CT molecular complexity index is 344. The largest absolute Gasteiger partial charge is 0.463 e. The monoisotopic (exact) mass is 195 g/mol. The molecule has 0 spiro atoms. The molecule has 5 nitrogen and oxygen atoms in total. The number of hydrogen-bond acceptors (Lipinski definition) is 4. The molecule has 0 saturated carbocycles. The zero-order valence-electron chi connectivity index (χ0n) is 8.36. The van der Waals surface area contributed by atoms with Gasteiger partial charge in [0, 0.05) is 6.54 Å². The van der Waals surface area contributed by atoms with Gasteiger partial charge in [-0.25, -0.2) is 9.78 Å². The van der Waals surface area contributed by atoms with Crippen molar-refractivity contribution in [2.75, 3.05) is 7.11 Å². The SMILES string of the molecule is C=C(C)CCn1cnc(C(=O)OC)n1. The lowest BCUT2D eigenvalue weighted by atomic mass is 10.2. The molecule has 0 aromatic carbocycles. The fraction of sp³-hybridized carbons (Fsp3) is 0.444. The van der Waals surface area contributed by atoms with Crippen molar-refractivity contribution >= 4 is 5.97 Å². The molecule has 5 heteroatoms. The van der Waals surface area contributed by atoms with Crippen LogP contribution in [-0.2, 0) is 11.3 Å². The van der Waals surface area contributed by atoms with E-state index >= 15 is 0 Å². The van der Waals surface area contributed by atoms with E-state index in [1.807, 2.05) is 6.92 Å². The first-order chi connectivity index (χ1) is 6.63. The second kappa shape index (κ2) is 4.55. The number of methoxy groups -OCH3 is 1. The summed E-state index contributed by atoms with van der Waals surface area (Å²) in [5.41, 5.74) is 1.07. The molecular weight excluding hydrogens is 182 g/mol. The third kappa shape index (κ3) is 2.69. The second-order valence-electron chi connectivity index (χ2n) is 3.03. The molecule has 0 N–H and O–H groups in total. The summed E-state index contributed by atoms with van der Waals surface area (Å²) in [4.78, 5) is 14.8. The Labute approximate surface area is 82.4 Å². The Kier molecular flexibility index (Phi) is 3.39. The van der Waals surface area contributed by atoms with E-state index in [1.165, 1.54) is 13.4 Å². The summed E-state index contributed by atoms with van der Waals surface area (Å²) >= 11 is 0. The third-order valence-corrected chi connectivity index (χ3v) is 1.67. The number of rotatable bonds is 4. The smallest absolute Gasteiger partial charge is 0.377 e. The van der Waals surface area contributed by atoms with Gasteiger partial charge in [0.1, 0.15) is 6.33 Å². The van der Waals surface area contributed by atoms with Gasteiger partial charge >= 0.3 is 5.97 Å². The standard InChI is InChI=1S/C9H13N3O2/c1-7(2)4-5-12-6-10-8(11-12)9(13)14-3/h6H,1,4-5H2,2-3H3. The molecule has 0 amide bonds. The van der Waals surface area contributed by atoms with Crippen LogP contribution in [0.15, 0.2) is 18.5 Å². The van der Waals surface area contributed by atoms with Crippen LogP contribution in [0.1, 0.15) is 24.0 Å². The normalized spacial score (nSPS) is 9.86. The predicted octanol–water partition coefficient (Wildman–Crippen LogP) is 1.03. The van der Waals surface area contributed by atoms with Gasteiger partial charge in [-0.05, 0) is 13.3 Å². The highest BCUT2D eigenvalue weighted by Gasteiger charge is 2.10. The number of aryl methyl sites for hydroxylation is 1. The highest BCUT2D eigenvalue weighted by atomic mass is 16.5. The molecule has 14 heavy (non-hydrogen) atoms. The molecule has 0 saturated heterocycles. The number of nitrogens with zero attached hydrogens (tertiary/aromatic N) is 3. The minimum absolute atomic E-state index is 0.0919. The zero-order chi connectivity index (χ0) is 10.6. The third-order valence-electron chi connectivity index (χ3n) is 1.67. The highest BCUT2D eigenvalue weighted by Crippen LogP contribution is 1.99. The molecule has 0 atom stereocenters. The van der Waals surface area contributed by atoms with Gasteiger partial charge in [0.15, 0.2) is 0 Å². The Balaban J connectivity index is 2.59. The lowest BCUT2D eigenvalue weighted by Gasteiger charge is -1.98. The van der Waals surface area contributed by atoms with Crippen molar-refractivity contribution in [3.05, 3.63) is 24.3 Å². The van der Waals surface area contributed by atoms with Crippen LogP contribution in [0.5, 0.6) is 0 Å². The second-order valence-corrected chi connectivity index (χ2v) is 3.03. The van der Waals surface area contributed by atoms with E-state index in [9.17, 15) is 4.79 Å². The maximum atomic E-state index is 11.0. The average Bonchev–Trinajstić information content (AvgIpc) is 2.62. The van der Waals surface area contributed by atoms with E-state index in [0.29, 0.717) is 6.54 Å². The van der Waals surface area contributed by atoms with Crippen molar-refractivity contribution in [2.24, 2.45) is 0 Å². The zero-order valence-corrected chi connectivity index (χ0v) is 8.36. The molecule has 0 radical (unpaired) electrons. The summed E-state index contributed by atoms with van der Waals surface area (Å²) in [6.45, 7) is 6.40. The van der Waals surface area contributed by atoms with Gasteiger partial charge in [0.2, 0.25) is 0 Å². The van der Waals surface area contributed by atoms with Crippen molar-refractivity contribution in [1.29, 1.82) is 0 Å². The number of allylic oxidation sites excluding steroid dienone is 1. The van der Waals surface area contributed by atoms with E-state index in [1.54, 1.807) is 4.68 Å². The molecule has 1 aromatic rings. The van der Waals surface area contributed by atoms with Gasteiger partial charge < -0.3 is 4.74 Å². The maximum Gasteiger partial charge on any atom is 0.377 e. The molecule has 0 aliphatic carbocycles. The summed E-state index contributed by atoms with van der Waals surface area (Å²) in [5.74, 6) is -0.423. The maximum absolute atomic E-state index is 11.0. The van der Waals surface area contributed by atoms with E-state index in [-0.39, 0.29) is 5.82 Å². The first-order valence-corrected chi connectivity index (χ1v) is 4.25. The minimum atomic E-state index is -0.515. The van der Waals surface area contributed by atoms with Crippen molar-refractivity contribution in [3.63, 3.8) is 0 Å². The number of aromatic nitrogens is 3. The van der Waals surface area contributed by atoms with Crippen LogP contribution in [0.4, 0.5) is 0 Å². The first kappa shape index (κ1) is 10.4. The van der Waals surface area contributed by atoms with Crippen LogP contribution in [0.2, 0.25) is 0 Å². The lowest BCUT2D eigenvalue weighted by molar-refractivity contribution is 0.0586. The molecule has 0 bridgehead atoms. The molecule has 1 aromatic heterocycles. The highest BCUT2D eigenvalue weighted by molar-refractivity contribution is 5.84. The Morgan fingerprint density at radius 2 is 2.43 bits per heavy atom. The topological polar surface area (TPSA) is 57.0 Å². The molecule has 1 heterocycles. The molecule has 0 aliphatic rings. The van der Waals surface area contributed by atoms with Crippen LogP contribution in [-0.4, -0.2) is 27.8 Å². The molecule has 0 unspecified atom stereocenters. The summed E-state index contributed by atoms with van der Waals surface area (Å²) in [7, 11) is 1.30. The number of esters is 1. The number of carbonyl (C=O) groups excluding carboxylic acids is 1. The van der Waals surface area contributed by atoms with Gasteiger partial charge in [0.25, 0.3) is 5.82 Å². The van der Waals surface area contributed by atoms with Crippen LogP contribution in [0.25, 0.3) is 0 Å². The Hall–Kier alpha value is -1.65. The number of hydrogen-bond donors (Lipinski definition) is 0. The summed E-state index contributed by atoms with van der Waals surface area (Å²) < 4.78 is 6.08. The van der Waals surface area contributed by atoms with E-state index in [2.05, 4.69) is 21.4 Å². The average molecular weight is 195 g/mol. The van der Waals surface area contributed by atoms with Gasteiger partial charge in [-0.1, -0.05) is 5.57 Å². The lowest BCUT2D eigenvalue weighted by Crippen LogP contribution is -2.06. The van der Waals surface area contributed by atoms with Crippen molar-refractivity contribution in [3.8, 4) is 0 Å². The van der Waals surface area contributed by atoms with Crippen LogP contribution >= 0.6 is 0 Å². The van der Waals surface area contributed by atoms with Crippen molar-refractivity contribution in [1.82, 2.24) is 14.8 Å². The van der Waals surface area contributed by atoms with Crippen molar-refractivity contribution < 1.29 is 9.53 Å². The molecule has 1 rings (SSSR count). The molecular formula is C9H13N3O2. The van der Waals surface area contributed by atoms with Gasteiger partial charge in [0.05, 0.1) is 7.11 Å². The van der Waals surface area contributed by atoms with E-state index in [4.69, 9.17) is 0 Å². The predicted molar refractivity (Wildman–Crippen MR) is 50.8 cm³/mol. The molecule has 0 fully saturated rings. The molecule has 0 aliphatic heterocycles. The quantitative estimate of drug-likeness (QED) is 0.532. The van der Waals surface area contributed by atoms with E-state index < -0.39 is 5.97 Å². The fourth-order valence-corrected chi connectivity index (χ4v) is 0.893. The Morgan fingerprint density at radius 3 is 3.00 bits per heavy atom.